The molecule has 0 aliphatic carbocycles. The van der Waals surface area contributed by atoms with E-state index in [1.807, 2.05) is 0 Å². The first-order valence-corrected chi connectivity index (χ1v) is 5.13. The van der Waals surface area contributed by atoms with Gasteiger partial charge in [-0.3, -0.25) is 19.7 Å². The predicted octanol–water partition coefficient (Wildman–Crippen LogP) is 0.989. The molecule has 4 amide bonds. The predicted molar refractivity (Wildman–Crippen MR) is 56.6 cm³/mol. The normalized spacial score (nSPS) is 15.2. The SMILES string of the molecule is O=C1NC(=O)N(OCc2ccc(F)cc2Cl)C1=O. The molecule has 1 heterocycles. The van der Waals surface area contributed by atoms with Crippen LogP contribution in [0.1, 0.15) is 5.56 Å². The molecule has 1 aliphatic rings. The largest absolute Gasteiger partial charge is 0.356 e. The number of imide groups is 2. The summed E-state index contributed by atoms with van der Waals surface area (Å²) in [6.45, 7) is -0.244. The molecule has 1 saturated heterocycles. The molecule has 0 aromatic heterocycles. The van der Waals surface area contributed by atoms with E-state index in [2.05, 4.69) is 0 Å². The summed E-state index contributed by atoms with van der Waals surface area (Å²) in [4.78, 5) is 37.9. The number of halogens is 2. The third kappa shape index (κ3) is 2.31. The lowest BCUT2D eigenvalue weighted by Crippen LogP contribution is -2.31. The third-order valence-corrected chi connectivity index (χ3v) is 2.50. The first-order valence-electron chi connectivity index (χ1n) is 4.75. The Kier molecular flexibility index (Phi) is 3.26. The molecule has 0 spiro atoms. The van der Waals surface area contributed by atoms with E-state index in [0.717, 1.165) is 12.1 Å². The van der Waals surface area contributed by atoms with Crippen molar-refractivity contribution in [1.82, 2.24) is 10.4 Å². The van der Waals surface area contributed by atoms with E-state index >= 15 is 0 Å². The van der Waals surface area contributed by atoms with E-state index in [1.54, 1.807) is 5.32 Å². The molecule has 0 bridgehead atoms. The maximum absolute atomic E-state index is 12.8. The van der Waals surface area contributed by atoms with E-state index < -0.39 is 23.7 Å². The quantitative estimate of drug-likeness (QED) is 0.658. The standard InChI is InChI=1S/C10H6ClFN2O4/c11-7-3-6(12)2-1-5(7)4-18-14-9(16)8(15)13-10(14)17/h1-3H,4H2,(H,13,15,17). The summed E-state index contributed by atoms with van der Waals surface area (Å²) < 4.78 is 12.8. The first-order chi connectivity index (χ1) is 8.49. The van der Waals surface area contributed by atoms with Crippen molar-refractivity contribution >= 4 is 29.4 Å². The number of rotatable bonds is 3. The van der Waals surface area contributed by atoms with Gasteiger partial charge in [-0.2, -0.15) is 0 Å². The molecule has 0 radical (unpaired) electrons. The van der Waals surface area contributed by atoms with Crippen LogP contribution in [-0.4, -0.2) is 22.9 Å². The number of amides is 4. The van der Waals surface area contributed by atoms with Crippen LogP contribution >= 0.6 is 11.6 Å². The van der Waals surface area contributed by atoms with Crippen LogP contribution in [0.2, 0.25) is 5.02 Å². The summed E-state index contributed by atoms with van der Waals surface area (Å²) in [5, 5.41) is 2.14. The van der Waals surface area contributed by atoms with E-state index in [-0.39, 0.29) is 11.6 Å². The Labute approximate surface area is 105 Å². The van der Waals surface area contributed by atoms with Crippen molar-refractivity contribution < 1.29 is 23.6 Å². The van der Waals surface area contributed by atoms with Crippen LogP contribution in [0.4, 0.5) is 9.18 Å². The van der Waals surface area contributed by atoms with Crippen LogP contribution in [0, 0.1) is 5.82 Å². The maximum Gasteiger partial charge on any atom is 0.356 e. The van der Waals surface area contributed by atoms with Crippen LogP contribution in [0.25, 0.3) is 0 Å². The van der Waals surface area contributed by atoms with Gasteiger partial charge in [-0.15, -0.1) is 5.06 Å². The Morgan fingerprint density at radius 3 is 2.61 bits per heavy atom. The van der Waals surface area contributed by atoms with Gasteiger partial charge >= 0.3 is 17.8 Å². The monoisotopic (exact) mass is 272 g/mol. The highest BCUT2D eigenvalue weighted by Gasteiger charge is 2.38. The Morgan fingerprint density at radius 1 is 1.33 bits per heavy atom. The fraction of sp³-hybridized carbons (Fsp3) is 0.100. The van der Waals surface area contributed by atoms with E-state index in [4.69, 9.17) is 16.4 Å². The number of nitrogens with one attached hydrogen (secondary N) is 1. The molecule has 2 rings (SSSR count). The number of benzene rings is 1. The number of carbonyl (C=O) groups excluding carboxylic acids is 3. The van der Waals surface area contributed by atoms with Crippen molar-refractivity contribution in [3.05, 3.63) is 34.6 Å². The number of urea groups is 1. The number of hydroxylamine groups is 2. The highest BCUT2D eigenvalue weighted by Crippen LogP contribution is 2.18. The Hall–Kier alpha value is -1.99. The molecule has 0 atom stereocenters. The van der Waals surface area contributed by atoms with Crippen molar-refractivity contribution in [2.24, 2.45) is 0 Å². The second kappa shape index (κ2) is 4.71. The van der Waals surface area contributed by atoms with Gasteiger partial charge in [0.15, 0.2) is 0 Å². The zero-order valence-electron chi connectivity index (χ0n) is 8.78. The Balaban J connectivity index is 2.06. The summed E-state index contributed by atoms with van der Waals surface area (Å²) in [7, 11) is 0. The van der Waals surface area contributed by atoms with Crippen molar-refractivity contribution in [2.75, 3.05) is 0 Å². The van der Waals surface area contributed by atoms with Crippen molar-refractivity contribution in [3.8, 4) is 0 Å². The van der Waals surface area contributed by atoms with E-state index in [1.165, 1.54) is 6.07 Å². The molecule has 6 nitrogen and oxygen atoms in total. The third-order valence-electron chi connectivity index (χ3n) is 2.15. The second-order valence-corrected chi connectivity index (χ2v) is 3.78. The number of nitrogens with zero attached hydrogens (tertiary/aromatic N) is 1. The molecule has 8 heteroatoms. The molecule has 1 aliphatic heterocycles. The highest BCUT2D eigenvalue weighted by molar-refractivity contribution is 6.44. The molecule has 94 valence electrons. The second-order valence-electron chi connectivity index (χ2n) is 3.37. The molecule has 0 saturated carbocycles. The molecule has 1 aromatic rings. The lowest BCUT2D eigenvalue weighted by Gasteiger charge is -2.11. The van der Waals surface area contributed by atoms with Gasteiger partial charge < -0.3 is 0 Å². The summed E-state index contributed by atoms with van der Waals surface area (Å²) in [5.74, 6) is -2.70. The molecule has 1 aromatic carbocycles. The average molecular weight is 273 g/mol. The highest BCUT2D eigenvalue weighted by atomic mass is 35.5. The lowest BCUT2D eigenvalue weighted by molar-refractivity contribution is -0.169. The fourth-order valence-electron chi connectivity index (χ4n) is 1.28. The zero-order chi connectivity index (χ0) is 13.3. The van der Waals surface area contributed by atoms with Gasteiger partial charge in [-0.25, -0.2) is 9.18 Å². The van der Waals surface area contributed by atoms with Crippen molar-refractivity contribution in [1.29, 1.82) is 0 Å². The lowest BCUT2D eigenvalue weighted by atomic mass is 10.2. The van der Waals surface area contributed by atoms with Gasteiger partial charge in [0.1, 0.15) is 12.4 Å². The molecule has 0 unspecified atom stereocenters. The maximum atomic E-state index is 12.8. The first kappa shape index (κ1) is 12.5. The summed E-state index contributed by atoms with van der Waals surface area (Å²) in [6.07, 6.45) is 0. The smallest absolute Gasteiger partial charge is 0.267 e. The minimum absolute atomic E-state index is 0.0911. The van der Waals surface area contributed by atoms with Crippen molar-refractivity contribution in [3.63, 3.8) is 0 Å². The van der Waals surface area contributed by atoms with Crippen molar-refractivity contribution in [2.45, 2.75) is 6.61 Å². The Bertz CT molecular complexity index is 549. The van der Waals surface area contributed by atoms with Crippen LogP contribution in [-0.2, 0) is 21.0 Å². The van der Waals surface area contributed by atoms with Gasteiger partial charge in [0.2, 0.25) is 0 Å². The number of carbonyl (C=O) groups is 3. The van der Waals surface area contributed by atoms with Gasteiger partial charge in [0, 0.05) is 5.02 Å². The van der Waals surface area contributed by atoms with Crippen LogP contribution in [0.5, 0.6) is 0 Å². The minimum atomic E-state index is -1.11. The van der Waals surface area contributed by atoms with Gasteiger partial charge in [-0.1, -0.05) is 17.7 Å². The summed E-state index contributed by atoms with van der Waals surface area (Å²) in [6, 6.07) is 2.60. The summed E-state index contributed by atoms with van der Waals surface area (Å²) >= 11 is 5.73. The topological polar surface area (TPSA) is 75.7 Å². The van der Waals surface area contributed by atoms with Crippen LogP contribution < -0.4 is 5.32 Å². The minimum Gasteiger partial charge on any atom is -0.267 e. The van der Waals surface area contributed by atoms with Gasteiger partial charge in [-0.05, 0) is 17.7 Å². The fourth-order valence-corrected chi connectivity index (χ4v) is 1.50. The van der Waals surface area contributed by atoms with Crippen LogP contribution in [0.3, 0.4) is 0 Å². The number of hydrogen-bond acceptors (Lipinski definition) is 4. The zero-order valence-corrected chi connectivity index (χ0v) is 9.53. The van der Waals surface area contributed by atoms with E-state index in [0.29, 0.717) is 10.6 Å². The summed E-state index contributed by atoms with van der Waals surface area (Å²) in [5.41, 5.74) is 0.373. The molecule has 1 N–H and O–H groups in total. The molecular weight excluding hydrogens is 267 g/mol. The average Bonchev–Trinajstić information content (AvgIpc) is 2.53. The van der Waals surface area contributed by atoms with Gasteiger partial charge in [0.05, 0.1) is 0 Å². The number of hydrogen-bond donors (Lipinski definition) is 1. The molecular formula is C10H6ClFN2O4. The van der Waals surface area contributed by atoms with Crippen LogP contribution in [0.15, 0.2) is 18.2 Å². The Morgan fingerprint density at radius 2 is 2.06 bits per heavy atom. The van der Waals surface area contributed by atoms with Gasteiger partial charge in [0.25, 0.3) is 0 Å². The molecule has 18 heavy (non-hydrogen) atoms. The molecule has 1 fully saturated rings. The van der Waals surface area contributed by atoms with E-state index in [9.17, 15) is 18.8 Å².